The molecule has 8 nitrogen and oxygen atoms in total. The molecule has 3 rings (SSSR count). The third kappa shape index (κ3) is 4.43. The van der Waals surface area contributed by atoms with Crippen LogP contribution in [0.15, 0.2) is 18.2 Å². The molecule has 2 heterocycles. The number of halogens is 3. The number of hydrogen-bond acceptors (Lipinski definition) is 5. The highest BCUT2D eigenvalue weighted by Gasteiger charge is 2.27. The van der Waals surface area contributed by atoms with E-state index in [1.165, 1.54) is 16.8 Å². The van der Waals surface area contributed by atoms with Crippen molar-refractivity contribution in [3.05, 3.63) is 55.4 Å². The van der Waals surface area contributed by atoms with Gasteiger partial charge in [0.05, 0.1) is 10.8 Å². The van der Waals surface area contributed by atoms with Crippen LogP contribution in [0.3, 0.4) is 0 Å². The Morgan fingerprint density at radius 1 is 1.29 bits per heavy atom. The molecule has 2 aromatic rings. The van der Waals surface area contributed by atoms with Crippen molar-refractivity contribution in [1.29, 1.82) is 0 Å². The molecule has 28 heavy (non-hydrogen) atoms. The molecule has 1 aliphatic heterocycles. The third-order valence-corrected chi connectivity index (χ3v) is 5.50. The van der Waals surface area contributed by atoms with Crippen molar-refractivity contribution in [2.24, 2.45) is 0 Å². The first kappa shape index (κ1) is 20.5. The van der Waals surface area contributed by atoms with Gasteiger partial charge >= 0.3 is 5.82 Å². The highest BCUT2D eigenvalue weighted by molar-refractivity contribution is 6.33. The summed E-state index contributed by atoms with van der Waals surface area (Å²) in [4.78, 5) is 26.6. The van der Waals surface area contributed by atoms with Gasteiger partial charge in [0.25, 0.3) is 0 Å². The van der Waals surface area contributed by atoms with E-state index in [0.717, 1.165) is 5.56 Å². The van der Waals surface area contributed by atoms with E-state index in [2.05, 4.69) is 10.00 Å². The standard InChI is InChI=1S/C17H18Cl2FN5O3/c1-11-16(19)17(25(27)28)21-24(11)10-15(26)23-6-4-22(5-7-23)9-12-2-3-13(20)8-14(12)18/h2-3,8H,4-7,9-10H2,1H3. The monoisotopic (exact) mass is 429 g/mol. The first-order chi connectivity index (χ1) is 13.3. The van der Waals surface area contributed by atoms with Crippen molar-refractivity contribution in [2.45, 2.75) is 20.0 Å². The molecule has 0 bridgehead atoms. The Morgan fingerprint density at radius 2 is 1.96 bits per heavy atom. The number of rotatable bonds is 5. The summed E-state index contributed by atoms with van der Waals surface area (Å²) in [5, 5.41) is 15.1. The van der Waals surface area contributed by atoms with Crippen molar-refractivity contribution >= 4 is 34.9 Å². The molecule has 1 aromatic carbocycles. The van der Waals surface area contributed by atoms with E-state index in [9.17, 15) is 19.3 Å². The minimum Gasteiger partial charge on any atom is -0.358 e. The molecule has 1 aromatic heterocycles. The van der Waals surface area contributed by atoms with Gasteiger partial charge in [-0.2, -0.15) is 4.68 Å². The lowest BCUT2D eigenvalue weighted by molar-refractivity contribution is -0.389. The van der Waals surface area contributed by atoms with Crippen LogP contribution in [-0.4, -0.2) is 56.6 Å². The second-order valence-electron chi connectivity index (χ2n) is 6.53. The molecule has 1 saturated heterocycles. The predicted molar refractivity (Wildman–Crippen MR) is 102 cm³/mol. The molecular weight excluding hydrogens is 412 g/mol. The Hall–Kier alpha value is -2.23. The highest BCUT2D eigenvalue weighted by Crippen LogP contribution is 2.26. The van der Waals surface area contributed by atoms with Gasteiger partial charge < -0.3 is 15.0 Å². The summed E-state index contributed by atoms with van der Waals surface area (Å²) < 4.78 is 14.4. The fourth-order valence-electron chi connectivity index (χ4n) is 3.05. The maximum atomic E-state index is 13.1. The average molecular weight is 430 g/mol. The summed E-state index contributed by atoms with van der Waals surface area (Å²) in [6, 6.07) is 4.32. The summed E-state index contributed by atoms with van der Waals surface area (Å²) in [5.41, 5.74) is 1.21. The second kappa shape index (κ2) is 8.42. The van der Waals surface area contributed by atoms with E-state index in [0.29, 0.717) is 43.4 Å². The minimum absolute atomic E-state index is 0.0567. The number of piperazine rings is 1. The summed E-state index contributed by atoms with van der Waals surface area (Å²) in [6.07, 6.45) is 0. The van der Waals surface area contributed by atoms with Crippen LogP contribution in [0.5, 0.6) is 0 Å². The maximum Gasteiger partial charge on any atom is 0.408 e. The van der Waals surface area contributed by atoms with Crippen LogP contribution >= 0.6 is 23.2 Å². The van der Waals surface area contributed by atoms with Gasteiger partial charge in [-0.3, -0.25) is 9.69 Å². The Labute approximate surface area is 170 Å². The number of benzene rings is 1. The van der Waals surface area contributed by atoms with E-state index < -0.39 is 10.7 Å². The summed E-state index contributed by atoms with van der Waals surface area (Å²) in [5.74, 6) is -1.01. The number of carbonyl (C=O) groups excluding carboxylic acids is 1. The van der Waals surface area contributed by atoms with Gasteiger partial charge in [-0.1, -0.05) is 29.3 Å². The zero-order valence-electron chi connectivity index (χ0n) is 15.1. The van der Waals surface area contributed by atoms with Crippen molar-refractivity contribution < 1.29 is 14.1 Å². The molecule has 11 heteroatoms. The summed E-state index contributed by atoms with van der Waals surface area (Å²) in [7, 11) is 0. The first-order valence-corrected chi connectivity index (χ1v) is 9.33. The quantitative estimate of drug-likeness (QED) is 0.538. The van der Waals surface area contributed by atoms with Crippen LogP contribution in [0.1, 0.15) is 11.3 Å². The van der Waals surface area contributed by atoms with Gasteiger partial charge in [0, 0.05) is 37.7 Å². The average Bonchev–Trinajstić information content (AvgIpc) is 2.93. The SMILES string of the molecule is Cc1c(Cl)c([N+](=O)[O-])nn1CC(=O)N1CCN(Cc2ccc(F)cc2Cl)CC1. The van der Waals surface area contributed by atoms with Gasteiger partial charge in [0.1, 0.15) is 12.4 Å². The van der Waals surface area contributed by atoms with Crippen molar-refractivity contribution in [3.8, 4) is 0 Å². The van der Waals surface area contributed by atoms with E-state index >= 15 is 0 Å². The lowest BCUT2D eigenvalue weighted by Crippen LogP contribution is -2.49. The van der Waals surface area contributed by atoms with Gasteiger partial charge in [0.2, 0.25) is 5.91 Å². The molecule has 1 aliphatic rings. The van der Waals surface area contributed by atoms with E-state index in [-0.39, 0.29) is 23.3 Å². The van der Waals surface area contributed by atoms with Crippen molar-refractivity contribution in [1.82, 2.24) is 19.6 Å². The number of amides is 1. The van der Waals surface area contributed by atoms with E-state index in [1.54, 1.807) is 17.9 Å². The fraction of sp³-hybridized carbons (Fsp3) is 0.412. The molecule has 0 saturated carbocycles. The molecule has 0 atom stereocenters. The van der Waals surface area contributed by atoms with Gasteiger partial charge in [0.15, 0.2) is 5.02 Å². The molecule has 150 valence electrons. The van der Waals surface area contributed by atoms with Crippen LogP contribution in [-0.2, 0) is 17.9 Å². The third-order valence-electron chi connectivity index (χ3n) is 4.71. The fourth-order valence-corrected chi connectivity index (χ4v) is 3.48. The number of hydrogen-bond donors (Lipinski definition) is 0. The number of aromatic nitrogens is 2. The molecular formula is C17H18Cl2FN5O3. The molecule has 0 N–H and O–H groups in total. The van der Waals surface area contributed by atoms with Crippen LogP contribution in [0.2, 0.25) is 10.0 Å². The second-order valence-corrected chi connectivity index (χ2v) is 7.32. The molecule has 1 amide bonds. The molecule has 0 radical (unpaired) electrons. The topological polar surface area (TPSA) is 84.5 Å². The minimum atomic E-state index is -0.671. The summed E-state index contributed by atoms with van der Waals surface area (Å²) in [6.45, 7) is 4.34. The maximum absolute atomic E-state index is 13.1. The van der Waals surface area contributed by atoms with Gasteiger partial charge in [-0.15, -0.1) is 0 Å². The Balaban J connectivity index is 1.57. The van der Waals surface area contributed by atoms with Crippen LogP contribution in [0, 0.1) is 22.9 Å². The van der Waals surface area contributed by atoms with E-state index in [4.69, 9.17) is 23.2 Å². The van der Waals surface area contributed by atoms with Crippen LogP contribution in [0.4, 0.5) is 10.2 Å². The molecule has 0 spiro atoms. The predicted octanol–water partition coefficient (Wildman–Crippen LogP) is 2.89. The first-order valence-electron chi connectivity index (χ1n) is 8.57. The Bertz CT molecular complexity index is 912. The lowest BCUT2D eigenvalue weighted by Gasteiger charge is -2.34. The van der Waals surface area contributed by atoms with E-state index in [1.807, 2.05) is 0 Å². The number of carbonyl (C=O) groups is 1. The van der Waals surface area contributed by atoms with Gasteiger partial charge in [-0.25, -0.2) is 4.39 Å². The molecule has 0 unspecified atom stereocenters. The number of nitrogens with zero attached hydrogens (tertiary/aromatic N) is 5. The smallest absolute Gasteiger partial charge is 0.358 e. The Kier molecular flexibility index (Phi) is 6.17. The van der Waals surface area contributed by atoms with Crippen LogP contribution in [0.25, 0.3) is 0 Å². The largest absolute Gasteiger partial charge is 0.408 e. The molecule has 1 fully saturated rings. The van der Waals surface area contributed by atoms with Crippen molar-refractivity contribution in [3.63, 3.8) is 0 Å². The summed E-state index contributed by atoms with van der Waals surface area (Å²) >= 11 is 12.0. The van der Waals surface area contributed by atoms with Crippen molar-refractivity contribution in [2.75, 3.05) is 26.2 Å². The van der Waals surface area contributed by atoms with Gasteiger partial charge in [-0.05, 0) is 29.5 Å². The number of nitro groups is 1. The molecule has 0 aliphatic carbocycles. The zero-order valence-corrected chi connectivity index (χ0v) is 16.6. The highest BCUT2D eigenvalue weighted by atomic mass is 35.5. The zero-order chi connectivity index (χ0) is 20.4. The lowest BCUT2D eigenvalue weighted by atomic mass is 10.2. The van der Waals surface area contributed by atoms with Crippen LogP contribution < -0.4 is 0 Å². The normalized spacial score (nSPS) is 15.1. The Morgan fingerprint density at radius 3 is 2.54 bits per heavy atom.